The Kier molecular flexibility index (Phi) is 3.98. The summed E-state index contributed by atoms with van der Waals surface area (Å²) in [4.78, 5) is 14.4. The molecular weight excluding hydrogens is 295 g/mol. The van der Waals surface area contributed by atoms with E-state index in [0.29, 0.717) is 0 Å². The van der Waals surface area contributed by atoms with Gasteiger partial charge in [0.15, 0.2) is 11.4 Å². The predicted molar refractivity (Wildman–Crippen MR) is 53.6 cm³/mol. The first-order chi connectivity index (χ1) is 6.99. The number of alkyl halides is 2. The second-order valence-electron chi connectivity index (χ2n) is 2.48. The molecule has 0 saturated heterocycles. The normalized spacial score (nSPS) is 10.5. The first-order valence-electron chi connectivity index (χ1n) is 3.69. The largest absolute Gasteiger partial charge is 0.493 e. The summed E-state index contributed by atoms with van der Waals surface area (Å²) in [5, 5.41) is -0.867. The van der Waals surface area contributed by atoms with Gasteiger partial charge in [-0.2, -0.15) is 0 Å². The lowest BCUT2D eigenvalue weighted by molar-refractivity contribution is 0.107. The average Bonchev–Trinajstić information content (AvgIpc) is 2.16. The van der Waals surface area contributed by atoms with Crippen LogP contribution in [-0.4, -0.2) is 17.3 Å². The first-order valence-corrected chi connectivity index (χ1v) is 4.86. The van der Waals surface area contributed by atoms with E-state index in [9.17, 15) is 13.6 Å². The van der Waals surface area contributed by atoms with Crippen molar-refractivity contribution in [3.63, 3.8) is 0 Å². The van der Waals surface area contributed by atoms with Crippen LogP contribution in [0.1, 0.15) is 22.5 Å². The summed E-state index contributed by atoms with van der Waals surface area (Å²) in [5.74, 6) is -0.0900. The van der Waals surface area contributed by atoms with Gasteiger partial charge in [0.2, 0.25) is 0 Å². The Morgan fingerprint density at radius 2 is 2.27 bits per heavy atom. The van der Waals surface area contributed by atoms with Crippen molar-refractivity contribution in [2.24, 2.45) is 0 Å². The van der Waals surface area contributed by atoms with Crippen molar-refractivity contribution >= 4 is 32.8 Å². The molecule has 0 radical (unpaired) electrons. The van der Waals surface area contributed by atoms with Gasteiger partial charge in [-0.05, 0) is 27.5 Å². The maximum Gasteiger partial charge on any atom is 0.274 e. The molecule has 0 aliphatic heterocycles. The smallest absolute Gasteiger partial charge is 0.274 e. The number of methoxy groups -OCH3 is 1. The zero-order chi connectivity index (χ0) is 11.6. The van der Waals surface area contributed by atoms with Gasteiger partial charge < -0.3 is 4.74 Å². The van der Waals surface area contributed by atoms with Crippen LogP contribution in [0.2, 0.25) is 0 Å². The van der Waals surface area contributed by atoms with E-state index in [4.69, 9.17) is 16.3 Å². The minimum absolute atomic E-state index is 0.0148. The minimum atomic E-state index is -2.71. The van der Waals surface area contributed by atoms with Gasteiger partial charge in [-0.3, -0.25) is 4.79 Å². The number of hydrogen-bond donors (Lipinski definition) is 0. The van der Waals surface area contributed by atoms with Gasteiger partial charge in [-0.15, -0.1) is 0 Å². The van der Waals surface area contributed by atoms with Crippen molar-refractivity contribution in [3.8, 4) is 5.75 Å². The lowest BCUT2D eigenvalue weighted by atomic mass is 10.2. The fraction of sp³-hybridized carbons (Fsp3) is 0.250. The molecule has 15 heavy (non-hydrogen) atoms. The number of pyridine rings is 1. The fourth-order valence-corrected chi connectivity index (χ4v) is 1.72. The fourth-order valence-electron chi connectivity index (χ4n) is 0.963. The van der Waals surface area contributed by atoms with Crippen LogP contribution >= 0.6 is 27.5 Å². The van der Waals surface area contributed by atoms with E-state index in [0.717, 1.165) is 6.20 Å². The van der Waals surface area contributed by atoms with Crippen LogP contribution in [0.15, 0.2) is 10.7 Å². The lowest BCUT2D eigenvalue weighted by Gasteiger charge is -2.10. The van der Waals surface area contributed by atoms with Crippen LogP contribution in [-0.2, 0) is 0 Å². The van der Waals surface area contributed by atoms with Crippen LogP contribution in [0.3, 0.4) is 0 Å². The van der Waals surface area contributed by atoms with E-state index in [1.165, 1.54) is 7.11 Å². The number of halogens is 4. The number of hydrogen-bond acceptors (Lipinski definition) is 3. The summed E-state index contributed by atoms with van der Waals surface area (Å²) >= 11 is 8.11. The summed E-state index contributed by atoms with van der Waals surface area (Å²) in [6.07, 6.45) is -1.83. The van der Waals surface area contributed by atoms with Crippen LogP contribution in [0, 0.1) is 0 Å². The molecule has 0 N–H and O–H groups in total. The van der Waals surface area contributed by atoms with Crippen molar-refractivity contribution < 1.29 is 18.3 Å². The standard InChI is InChI=1S/C8H5BrClF2NO2/c1-15-6-4(9)3(8(11)12)2-13-5(6)7(10)14/h2,8H,1H3. The minimum Gasteiger partial charge on any atom is -0.493 e. The number of aromatic nitrogens is 1. The Bertz CT molecular complexity index is 400. The quantitative estimate of drug-likeness (QED) is 0.805. The van der Waals surface area contributed by atoms with E-state index in [-0.39, 0.29) is 21.5 Å². The molecule has 1 aromatic heterocycles. The van der Waals surface area contributed by atoms with E-state index < -0.39 is 11.7 Å². The van der Waals surface area contributed by atoms with Crippen LogP contribution < -0.4 is 4.74 Å². The van der Waals surface area contributed by atoms with Crippen molar-refractivity contribution in [2.45, 2.75) is 6.43 Å². The van der Waals surface area contributed by atoms with Crippen LogP contribution in [0.4, 0.5) is 8.78 Å². The van der Waals surface area contributed by atoms with E-state index in [2.05, 4.69) is 20.9 Å². The van der Waals surface area contributed by atoms with Gasteiger partial charge in [-0.25, -0.2) is 13.8 Å². The Hall–Kier alpha value is -0.750. The molecule has 0 spiro atoms. The zero-order valence-electron chi connectivity index (χ0n) is 7.43. The van der Waals surface area contributed by atoms with E-state index in [1.807, 2.05) is 0 Å². The molecule has 7 heteroatoms. The predicted octanol–water partition coefficient (Wildman–Crippen LogP) is 3.17. The van der Waals surface area contributed by atoms with Crippen LogP contribution in [0.25, 0.3) is 0 Å². The highest BCUT2D eigenvalue weighted by Gasteiger charge is 2.22. The molecular formula is C8H5BrClF2NO2. The van der Waals surface area contributed by atoms with Gasteiger partial charge >= 0.3 is 0 Å². The summed E-state index contributed by atoms with van der Waals surface area (Å²) in [6, 6.07) is 0. The molecule has 1 rings (SSSR count). The summed E-state index contributed by atoms with van der Waals surface area (Å²) < 4.78 is 29.6. The van der Waals surface area contributed by atoms with Crippen molar-refractivity contribution in [2.75, 3.05) is 7.11 Å². The molecule has 0 saturated carbocycles. The molecule has 82 valence electrons. The Labute approximate surface area is 97.5 Å². The number of carbonyl (C=O) groups excluding carboxylic acids is 1. The summed E-state index contributed by atoms with van der Waals surface area (Å²) in [6.45, 7) is 0. The average molecular weight is 300 g/mol. The molecule has 1 aromatic rings. The third-order valence-electron chi connectivity index (χ3n) is 1.63. The molecule has 0 fully saturated rings. The zero-order valence-corrected chi connectivity index (χ0v) is 9.77. The number of rotatable bonds is 3. The SMILES string of the molecule is COc1c(C(=O)Cl)ncc(C(F)F)c1Br. The highest BCUT2D eigenvalue weighted by Crippen LogP contribution is 2.36. The molecule has 0 aromatic carbocycles. The molecule has 0 amide bonds. The summed E-state index contributed by atoms with van der Waals surface area (Å²) in [5.41, 5.74) is -0.552. The number of nitrogens with zero attached hydrogens (tertiary/aromatic N) is 1. The third-order valence-corrected chi connectivity index (χ3v) is 2.62. The van der Waals surface area contributed by atoms with Crippen molar-refractivity contribution in [3.05, 3.63) is 21.9 Å². The monoisotopic (exact) mass is 299 g/mol. The van der Waals surface area contributed by atoms with Gasteiger partial charge in [0, 0.05) is 6.20 Å². The highest BCUT2D eigenvalue weighted by molar-refractivity contribution is 9.10. The lowest BCUT2D eigenvalue weighted by Crippen LogP contribution is -2.02. The molecule has 1 heterocycles. The molecule has 3 nitrogen and oxygen atoms in total. The molecule has 0 aliphatic carbocycles. The van der Waals surface area contributed by atoms with Gasteiger partial charge in [0.25, 0.3) is 11.7 Å². The van der Waals surface area contributed by atoms with Crippen molar-refractivity contribution in [1.29, 1.82) is 0 Å². The second kappa shape index (κ2) is 4.85. The molecule has 0 bridgehead atoms. The summed E-state index contributed by atoms with van der Waals surface area (Å²) in [7, 11) is 1.24. The molecule has 0 unspecified atom stereocenters. The highest BCUT2D eigenvalue weighted by atomic mass is 79.9. The number of ether oxygens (including phenoxy) is 1. The molecule has 0 aliphatic rings. The van der Waals surface area contributed by atoms with Crippen molar-refractivity contribution in [1.82, 2.24) is 4.98 Å². The van der Waals surface area contributed by atoms with Gasteiger partial charge in [-0.1, -0.05) is 0 Å². The van der Waals surface area contributed by atoms with Gasteiger partial charge in [0.1, 0.15) is 0 Å². The Balaban J connectivity index is 3.39. The van der Waals surface area contributed by atoms with E-state index in [1.54, 1.807) is 0 Å². The number of carbonyl (C=O) groups is 1. The third kappa shape index (κ3) is 2.43. The van der Waals surface area contributed by atoms with Crippen LogP contribution in [0.5, 0.6) is 5.75 Å². The topological polar surface area (TPSA) is 39.2 Å². The Morgan fingerprint density at radius 3 is 2.67 bits per heavy atom. The van der Waals surface area contributed by atoms with Gasteiger partial charge in [0.05, 0.1) is 17.1 Å². The Morgan fingerprint density at radius 1 is 1.67 bits per heavy atom. The maximum atomic E-state index is 12.4. The molecule has 0 atom stereocenters. The second-order valence-corrected chi connectivity index (χ2v) is 3.62. The first kappa shape index (κ1) is 12.3. The maximum absolute atomic E-state index is 12.4. The van der Waals surface area contributed by atoms with E-state index >= 15 is 0 Å².